The predicted octanol–water partition coefficient (Wildman–Crippen LogP) is 2.54. The van der Waals surface area contributed by atoms with E-state index in [9.17, 15) is 5.11 Å². The van der Waals surface area contributed by atoms with Crippen molar-refractivity contribution in [2.75, 3.05) is 17.2 Å². The molecule has 1 aliphatic heterocycles. The Labute approximate surface area is 89.5 Å². The Balaban J connectivity index is 1.93. The van der Waals surface area contributed by atoms with Gasteiger partial charge in [-0.25, -0.2) is 0 Å². The maximum Gasteiger partial charge on any atom is 0.117 e. The fraction of sp³-hybridized carbons (Fsp3) is 0.500. The molecule has 1 aromatic rings. The van der Waals surface area contributed by atoms with E-state index in [1.54, 1.807) is 12.1 Å². The van der Waals surface area contributed by atoms with Gasteiger partial charge >= 0.3 is 0 Å². The van der Waals surface area contributed by atoms with Crippen LogP contribution in [0.25, 0.3) is 0 Å². The number of hydrogen-bond donors (Lipinski definition) is 3. The summed E-state index contributed by atoms with van der Waals surface area (Å²) in [7, 11) is 0. The summed E-state index contributed by atoms with van der Waals surface area (Å²) in [4.78, 5) is 0. The van der Waals surface area contributed by atoms with E-state index in [0.29, 0.717) is 5.75 Å². The molecule has 0 amide bonds. The first-order valence-electron chi connectivity index (χ1n) is 5.63. The molecule has 15 heavy (non-hydrogen) atoms. The summed E-state index contributed by atoms with van der Waals surface area (Å²) in [6, 6.07) is 5.47. The van der Waals surface area contributed by atoms with Crippen LogP contribution in [0.3, 0.4) is 0 Å². The molecule has 0 saturated heterocycles. The number of anilines is 2. The summed E-state index contributed by atoms with van der Waals surface area (Å²) in [5.74, 6) is 0.324. The minimum Gasteiger partial charge on any atom is -0.508 e. The van der Waals surface area contributed by atoms with Gasteiger partial charge in [-0.2, -0.15) is 0 Å². The van der Waals surface area contributed by atoms with Crippen LogP contribution in [0.4, 0.5) is 11.4 Å². The Bertz CT molecular complexity index is 383. The van der Waals surface area contributed by atoms with E-state index in [2.05, 4.69) is 10.6 Å². The number of phenols is 1. The van der Waals surface area contributed by atoms with Crippen molar-refractivity contribution in [1.29, 1.82) is 0 Å². The Kier molecular flexibility index (Phi) is 1.81. The molecule has 0 aromatic heterocycles. The summed E-state index contributed by atoms with van der Waals surface area (Å²) in [6.45, 7) is 0.976. The van der Waals surface area contributed by atoms with Crippen molar-refractivity contribution in [3.05, 3.63) is 18.2 Å². The fourth-order valence-corrected chi connectivity index (χ4v) is 2.74. The van der Waals surface area contributed by atoms with Gasteiger partial charge in [-0.05, 0) is 25.0 Å². The van der Waals surface area contributed by atoms with Crippen LogP contribution in [0.1, 0.15) is 25.7 Å². The third-order valence-corrected chi connectivity index (χ3v) is 3.58. The average molecular weight is 204 g/mol. The Morgan fingerprint density at radius 1 is 1.13 bits per heavy atom. The number of nitrogens with one attached hydrogen (secondary N) is 2. The molecule has 3 N–H and O–H groups in total. The second-order valence-electron chi connectivity index (χ2n) is 4.70. The van der Waals surface area contributed by atoms with Crippen molar-refractivity contribution < 1.29 is 5.11 Å². The summed E-state index contributed by atoms with van der Waals surface area (Å²) in [5.41, 5.74) is 2.41. The molecule has 1 aliphatic carbocycles. The molecular weight excluding hydrogens is 188 g/mol. The van der Waals surface area contributed by atoms with E-state index in [4.69, 9.17) is 0 Å². The smallest absolute Gasteiger partial charge is 0.117 e. The zero-order chi connectivity index (χ0) is 10.3. The van der Waals surface area contributed by atoms with Crippen LogP contribution in [0, 0.1) is 0 Å². The Morgan fingerprint density at radius 2 is 1.93 bits per heavy atom. The Hall–Kier alpha value is -1.38. The molecule has 0 radical (unpaired) electrons. The summed E-state index contributed by atoms with van der Waals surface area (Å²) < 4.78 is 0. The molecular formula is C12H16N2O. The third-order valence-electron chi connectivity index (χ3n) is 3.58. The molecule has 3 nitrogen and oxygen atoms in total. The minimum atomic E-state index is 0.268. The van der Waals surface area contributed by atoms with Crippen molar-refractivity contribution in [3.63, 3.8) is 0 Å². The minimum absolute atomic E-state index is 0.268. The van der Waals surface area contributed by atoms with Crippen molar-refractivity contribution in [3.8, 4) is 5.75 Å². The van der Waals surface area contributed by atoms with Gasteiger partial charge in [-0.1, -0.05) is 12.8 Å². The van der Waals surface area contributed by atoms with Gasteiger partial charge in [-0.15, -0.1) is 0 Å². The number of benzene rings is 1. The van der Waals surface area contributed by atoms with Gasteiger partial charge in [0.25, 0.3) is 0 Å². The van der Waals surface area contributed by atoms with Gasteiger partial charge in [0.15, 0.2) is 0 Å². The molecule has 1 heterocycles. The van der Waals surface area contributed by atoms with Gasteiger partial charge in [0.2, 0.25) is 0 Å². The normalized spacial score (nSPS) is 21.9. The SMILES string of the molecule is Oc1ccc2c(c1)NCC1(CCCC1)N2. The van der Waals surface area contributed by atoms with Crippen LogP contribution in [-0.4, -0.2) is 17.2 Å². The summed E-state index contributed by atoms with van der Waals surface area (Å²) in [5, 5.41) is 16.4. The van der Waals surface area contributed by atoms with E-state index in [-0.39, 0.29) is 5.54 Å². The first-order valence-corrected chi connectivity index (χ1v) is 5.63. The molecule has 2 aliphatic rings. The first-order chi connectivity index (χ1) is 7.27. The maximum absolute atomic E-state index is 9.38. The van der Waals surface area contributed by atoms with Gasteiger partial charge in [-0.3, -0.25) is 0 Å². The quantitative estimate of drug-likeness (QED) is 0.569. The van der Waals surface area contributed by atoms with Crippen LogP contribution in [0.5, 0.6) is 5.75 Å². The van der Waals surface area contributed by atoms with Crippen LogP contribution in [0.15, 0.2) is 18.2 Å². The van der Waals surface area contributed by atoms with Crippen molar-refractivity contribution >= 4 is 11.4 Å². The highest BCUT2D eigenvalue weighted by Gasteiger charge is 2.36. The van der Waals surface area contributed by atoms with E-state index in [0.717, 1.165) is 17.9 Å². The van der Waals surface area contributed by atoms with Crippen LogP contribution in [-0.2, 0) is 0 Å². The van der Waals surface area contributed by atoms with Crippen LogP contribution >= 0.6 is 0 Å². The molecule has 0 bridgehead atoms. The van der Waals surface area contributed by atoms with E-state index in [1.807, 2.05) is 6.07 Å². The van der Waals surface area contributed by atoms with E-state index < -0.39 is 0 Å². The molecule has 3 heteroatoms. The highest BCUT2D eigenvalue weighted by atomic mass is 16.3. The monoisotopic (exact) mass is 204 g/mol. The first kappa shape index (κ1) is 8.89. The lowest BCUT2D eigenvalue weighted by atomic mass is 9.94. The second kappa shape index (κ2) is 3.05. The fourth-order valence-electron chi connectivity index (χ4n) is 2.74. The van der Waals surface area contributed by atoms with Crippen LogP contribution < -0.4 is 10.6 Å². The van der Waals surface area contributed by atoms with Gasteiger partial charge in [0, 0.05) is 12.6 Å². The van der Waals surface area contributed by atoms with Crippen molar-refractivity contribution in [2.24, 2.45) is 0 Å². The molecule has 3 rings (SSSR count). The molecule has 0 atom stereocenters. The molecule has 1 fully saturated rings. The topological polar surface area (TPSA) is 44.3 Å². The standard InChI is InChI=1S/C12H16N2O/c15-9-3-4-10-11(7-9)13-8-12(14-10)5-1-2-6-12/h3-4,7,13-15H,1-2,5-6,8H2. The van der Waals surface area contributed by atoms with Crippen LogP contribution in [0.2, 0.25) is 0 Å². The number of phenolic OH excluding ortho intramolecular Hbond substituents is 1. The largest absolute Gasteiger partial charge is 0.508 e. The van der Waals surface area contributed by atoms with Gasteiger partial charge in [0.05, 0.1) is 16.9 Å². The summed E-state index contributed by atoms with van der Waals surface area (Å²) >= 11 is 0. The molecule has 1 spiro atoms. The van der Waals surface area contributed by atoms with Gasteiger partial charge in [0.1, 0.15) is 5.75 Å². The second-order valence-corrected chi connectivity index (χ2v) is 4.70. The highest BCUT2D eigenvalue weighted by molar-refractivity contribution is 5.74. The molecule has 0 unspecified atom stereocenters. The lowest BCUT2D eigenvalue weighted by Crippen LogP contribution is -2.45. The van der Waals surface area contributed by atoms with Crippen molar-refractivity contribution in [2.45, 2.75) is 31.2 Å². The predicted molar refractivity (Wildman–Crippen MR) is 61.4 cm³/mol. The maximum atomic E-state index is 9.38. The lowest BCUT2D eigenvalue weighted by molar-refractivity contribution is 0.473. The number of rotatable bonds is 0. The molecule has 1 aromatic carbocycles. The molecule has 1 saturated carbocycles. The zero-order valence-corrected chi connectivity index (χ0v) is 8.71. The van der Waals surface area contributed by atoms with E-state index >= 15 is 0 Å². The average Bonchev–Trinajstić information content (AvgIpc) is 2.67. The zero-order valence-electron chi connectivity index (χ0n) is 8.71. The summed E-state index contributed by atoms with van der Waals surface area (Å²) in [6.07, 6.45) is 5.14. The molecule has 80 valence electrons. The van der Waals surface area contributed by atoms with E-state index in [1.165, 1.54) is 25.7 Å². The number of aromatic hydroxyl groups is 1. The third kappa shape index (κ3) is 1.42. The lowest BCUT2D eigenvalue weighted by Gasteiger charge is -2.37. The Morgan fingerprint density at radius 3 is 2.73 bits per heavy atom. The van der Waals surface area contributed by atoms with Gasteiger partial charge < -0.3 is 15.7 Å². The van der Waals surface area contributed by atoms with Crippen molar-refractivity contribution in [1.82, 2.24) is 0 Å². The highest BCUT2D eigenvalue weighted by Crippen LogP contribution is 2.40. The number of fused-ring (bicyclic) bond motifs is 1. The number of hydrogen-bond acceptors (Lipinski definition) is 3.